The van der Waals surface area contributed by atoms with Crippen LogP contribution in [0.1, 0.15) is 24.8 Å². The van der Waals surface area contributed by atoms with Gasteiger partial charge in [0, 0.05) is 33.4 Å². The van der Waals surface area contributed by atoms with Gasteiger partial charge in [-0.15, -0.1) is 0 Å². The molecule has 1 aromatic rings. The highest BCUT2D eigenvalue weighted by Gasteiger charge is 2.40. The fraction of sp³-hybridized carbons (Fsp3) is 0.643. The van der Waals surface area contributed by atoms with E-state index in [-0.39, 0.29) is 0 Å². The van der Waals surface area contributed by atoms with E-state index in [0.29, 0.717) is 16.9 Å². The van der Waals surface area contributed by atoms with Gasteiger partial charge in [-0.3, -0.25) is 0 Å². The molecule has 2 fully saturated rings. The third-order valence-electron chi connectivity index (χ3n) is 4.40. The maximum atomic E-state index is 9.25. The molecule has 2 saturated heterocycles. The lowest BCUT2D eigenvalue weighted by Crippen LogP contribution is -2.33. The molecule has 6 nitrogen and oxygen atoms in total. The van der Waals surface area contributed by atoms with Crippen LogP contribution in [0, 0.1) is 16.7 Å². The number of nitriles is 1. The lowest BCUT2D eigenvalue weighted by atomic mass is 9.80. The standard InChI is InChI=1S/C14H19N5O/c1-16-13-17-9-11(8-15)12(18-13)19-5-2-14(10-19)3-6-20-7-4-14/h9H,2-7,10H2,1H3,(H,16,17,18). The van der Waals surface area contributed by atoms with Crippen LogP contribution >= 0.6 is 0 Å². The fourth-order valence-electron chi connectivity index (χ4n) is 3.14. The molecule has 0 amide bonds. The predicted octanol–water partition coefficient (Wildman–Crippen LogP) is 1.40. The topological polar surface area (TPSA) is 74.1 Å². The average molecular weight is 273 g/mol. The summed E-state index contributed by atoms with van der Waals surface area (Å²) < 4.78 is 5.47. The van der Waals surface area contributed by atoms with E-state index >= 15 is 0 Å². The van der Waals surface area contributed by atoms with E-state index in [1.807, 2.05) is 0 Å². The highest BCUT2D eigenvalue weighted by Crippen LogP contribution is 2.41. The predicted molar refractivity (Wildman–Crippen MR) is 75.6 cm³/mol. The minimum Gasteiger partial charge on any atom is -0.381 e. The van der Waals surface area contributed by atoms with Crippen molar-refractivity contribution in [2.45, 2.75) is 19.3 Å². The van der Waals surface area contributed by atoms with Crippen molar-refractivity contribution in [1.82, 2.24) is 9.97 Å². The maximum Gasteiger partial charge on any atom is 0.224 e. The van der Waals surface area contributed by atoms with E-state index < -0.39 is 0 Å². The van der Waals surface area contributed by atoms with Crippen LogP contribution in [0.2, 0.25) is 0 Å². The third-order valence-corrected chi connectivity index (χ3v) is 4.40. The van der Waals surface area contributed by atoms with Crippen molar-refractivity contribution in [3.05, 3.63) is 11.8 Å². The maximum absolute atomic E-state index is 9.25. The molecule has 0 radical (unpaired) electrons. The molecule has 106 valence electrons. The van der Waals surface area contributed by atoms with Crippen LogP contribution in [-0.2, 0) is 4.74 Å². The number of hydrogen-bond donors (Lipinski definition) is 1. The lowest BCUT2D eigenvalue weighted by Gasteiger charge is -2.33. The van der Waals surface area contributed by atoms with Gasteiger partial charge in [0.2, 0.25) is 5.95 Å². The van der Waals surface area contributed by atoms with Crippen LogP contribution in [0.15, 0.2) is 6.20 Å². The number of nitrogens with one attached hydrogen (secondary N) is 1. The van der Waals surface area contributed by atoms with Gasteiger partial charge in [-0.1, -0.05) is 0 Å². The summed E-state index contributed by atoms with van der Waals surface area (Å²) in [7, 11) is 1.79. The van der Waals surface area contributed by atoms with Crippen LogP contribution in [0.4, 0.5) is 11.8 Å². The molecule has 0 saturated carbocycles. The zero-order valence-corrected chi connectivity index (χ0v) is 11.7. The second kappa shape index (κ2) is 5.25. The van der Waals surface area contributed by atoms with Gasteiger partial charge in [0.25, 0.3) is 0 Å². The quantitative estimate of drug-likeness (QED) is 0.878. The fourth-order valence-corrected chi connectivity index (χ4v) is 3.14. The Balaban J connectivity index is 1.85. The van der Waals surface area contributed by atoms with Gasteiger partial charge in [-0.2, -0.15) is 10.2 Å². The Morgan fingerprint density at radius 3 is 2.90 bits per heavy atom. The SMILES string of the molecule is CNc1ncc(C#N)c(N2CCC3(CCOCC3)C2)n1. The summed E-state index contributed by atoms with van der Waals surface area (Å²) in [5, 5.41) is 12.2. The number of ether oxygens (including phenoxy) is 1. The van der Waals surface area contributed by atoms with Gasteiger partial charge < -0.3 is 15.0 Å². The Labute approximate surface area is 118 Å². The first-order valence-electron chi connectivity index (χ1n) is 7.04. The molecule has 1 spiro atoms. The Bertz CT molecular complexity index is 533. The van der Waals surface area contributed by atoms with Crippen molar-refractivity contribution in [2.24, 2.45) is 5.41 Å². The highest BCUT2D eigenvalue weighted by atomic mass is 16.5. The van der Waals surface area contributed by atoms with Crippen LogP contribution in [-0.4, -0.2) is 43.3 Å². The van der Waals surface area contributed by atoms with Crippen molar-refractivity contribution < 1.29 is 4.74 Å². The smallest absolute Gasteiger partial charge is 0.224 e. The Hall–Kier alpha value is -1.87. The van der Waals surface area contributed by atoms with E-state index in [0.717, 1.165) is 51.4 Å². The lowest BCUT2D eigenvalue weighted by molar-refractivity contribution is 0.0254. The first kappa shape index (κ1) is 13.1. The molecular formula is C14H19N5O. The molecule has 2 aliphatic heterocycles. The van der Waals surface area contributed by atoms with E-state index in [9.17, 15) is 5.26 Å². The molecule has 0 unspecified atom stereocenters. The average Bonchev–Trinajstić information content (AvgIpc) is 2.90. The number of rotatable bonds is 2. The summed E-state index contributed by atoms with van der Waals surface area (Å²) >= 11 is 0. The first-order valence-corrected chi connectivity index (χ1v) is 7.04. The summed E-state index contributed by atoms with van der Waals surface area (Å²) in [5.74, 6) is 1.32. The summed E-state index contributed by atoms with van der Waals surface area (Å²) in [6, 6.07) is 2.20. The van der Waals surface area contributed by atoms with E-state index in [1.54, 1.807) is 13.2 Å². The molecule has 3 heterocycles. The minimum absolute atomic E-state index is 0.343. The van der Waals surface area contributed by atoms with Gasteiger partial charge in [0.15, 0.2) is 5.82 Å². The molecule has 0 bridgehead atoms. The second-order valence-corrected chi connectivity index (χ2v) is 5.58. The molecule has 0 aliphatic carbocycles. The Morgan fingerprint density at radius 1 is 1.40 bits per heavy atom. The van der Waals surface area contributed by atoms with Crippen LogP contribution in [0.25, 0.3) is 0 Å². The zero-order valence-electron chi connectivity index (χ0n) is 11.7. The van der Waals surface area contributed by atoms with Crippen LogP contribution in [0.3, 0.4) is 0 Å². The zero-order chi connectivity index (χ0) is 14.0. The van der Waals surface area contributed by atoms with Gasteiger partial charge in [-0.05, 0) is 24.7 Å². The largest absolute Gasteiger partial charge is 0.381 e. The number of aromatic nitrogens is 2. The number of anilines is 2. The molecule has 2 aliphatic rings. The molecule has 1 N–H and O–H groups in total. The molecule has 20 heavy (non-hydrogen) atoms. The van der Waals surface area contributed by atoms with E-state index in [4.69, 9.17) is 4.74 Å². The van der Waals surface area contributed by atoms with E-state index in [1.165, 1.54) is 0 Å². The summed E-state index contributed by atoms with van der Waals surface area (Å²) in [5.41, 5.74) is 0.892. The normalized spacial score (nSPS) is 20.9. The molecule has 0 atom stereocenters. The summed E-state index contributed by atoms with van der Waals surface area (Å²) in [6.07, 6.45) is 4.97. The molecule has 0 aromatic carbocycles. The van der Waals surface area contributed by atoms with Crippen molar-refractivity contribution in [3.8, 4) is 6.07 Å². The highest BCUT2D eigenvalue weighted by molar-refractivity contribution is 5.56. The first-order chi connectivity index (χ1) is 9.76. The van der Waals surface area contributed by atoms with Crippen LogP contribution in [0.5, 0.6) is 0 Å². The summed E-state index contributed by atoms with van der Waals surface area (Å²) in [4.78, 5) is 10.8. The van der Waals surface area contributed by atoms with Crippen molar-refractivity contribution >= 4 is 11.8 Å². The van der Waals surface area contributed by atoms with Crippen LogP contribution < -0.4 is 10.2 Å². The molecular weight excluding hydrogens is 254 g/mol. The summed E-state index contributed by atoms with van der Waals surface area (Å²) in [6.45, 7) is 3.62. The monoisotopic (exact) mass is 273 g/mol. The molecule has 6 heteroatoms. The van der Waals surface area contributed by atoms with Gasteiger partial charge >= 0.3 is 0 Å². The van der Waals surface area contributed by atoms with Gasteiger partial charge in [-0.25, -0.2) is 4.98 Å². The van der Waals surface area contributed by atoms with E-state index in [2.05, 4.69) is 26.3 Å². The minimum atomic E-state index is 0.343. The van der Waals surface area contributed by atoms with Crippen molar-refractivity contribution in [2.75, 3.05) is 43.6 Å². The van der Waals surface area contributed by atoms with Gasteiger partial charge in [0.1, 0.15) is 11.6 Å². The van der Waals surface area contributed by atoms with Gasteiger partial charge in [0.05, 0.1) is 6.20 Å². The number of nitrogens with zero attached hydrogens (tertiary/aromatic N) is 4. The third kappa shape index (κ3) is 2.29. The molecule has 1 aromatic heterocycles. The number of hydrogen-bond acceptors (Lipinski definition) is 6. The Kier molecular flexibility index (Phi) is 3.45. The Morgan fingerprint density at radius 2 is 2.20 bits per heavy atom. The van der Waals surface area contributed by atoms with Crippen molar-refractivity contribution in [1.29, 1.82) is 5.26 Å². The molecule has 3 rings (SSSR count). The van der Waals surface area contributed by atoms with Crippen molar-refractivity contribution in [3.63, 3.8) is 0 Å². The second-order valence-electron chi connectivity index (χ2n) is 5.58.